The van der Waals surface area contributed by atoms with E-state index in [2.05, 4.69) is 5.48 Å². The quantitative estimate of drug-likeness (QED) is 0.676. The second-order valence-electron chi connectivity index (χ2n) is 4.69. The first kappa shape index (κ1) is 14.7. The highest BCUT2D eigenvalue weighted by Gasteiger charge is 2.11. The lowest BCUT2D eigenvalue weighted by molar-refractivity contribution is -0.140. The summed E-state index contributed by atoms with van der Waals surface area (Å²) in [6.07, 6.45) is 2.81. The molecule has 1 aromatic carbocycles. The molecule has 0 spiro atoms. The van der Waals surface area contributed by atoms with E-state index in [-0.39, 0.29) is 5.02 Å². The average Bonchev–Trinajstić information content (AvgIpc) is 2.27. The van der Waals surface area contributed by atoms with E-state index in [1.165, 1.54) is 30.4 Å². The van der Waals surface area contributed by atoms with E-state index < -0.39 is 17.3 Å². The van der Waals surface area contributed by atoms with E-state index in [0.29, 0.717) is 5.56 Å². The van der Waals surface area contributed by atoms with Gasteiger partial charge in [-0.15, -0.1) is 0 Å². The van der Waals surface area contributed by atoms with Gasteiger partial charge in [0.1, 0.15) is 5.82 Å². The summed E-state index contributed by atoms with van der Waals surface area (Å²) in [4.78, 5) is 16.5. The minimum Gasteiger partial charge on any atom is -0.268 e. The molecule has 0 atom stereocenters. The van der Waals surface area contributed by atoms with Crippen molar-refractivity contribution in [2.75, 3.05) is 0 Å². The van der Waals surface area contributed by atoms with Crippen LogP contribution in [0.5, 0.6) is 0 Å². The van der Waals surface area contributed by atoms with Crippen molar-refractivity contribution in [1.29, 1.82) is 0 Å². The summed E-state index contributed by atoms with van der Waals surface area (Å²) in [7, 11) is 0. The van der Waals surface area contributed by atoms with E-state index >= 15 is 0 Å². The Kier molecular flexibility index (Phi) is 4.87. The van der Waals surface area contributed by atoms with Crippen LogP contribution in [0.3, 0.4) is 0 Å². The molecule has 0 radical (unpaired) electrons. The molecule has 0 fully saturated rings. The lowest BCUT2D eigenvalue weighted by Gasteiger charge is -2.17. The summed E-state index contributed by atoms with van der Waals surface area (Å²) in [5.74, 6) is -0.889. The van der Waals surface area contributed by atoms with E-state index in [0.717, 1.165) is 0 Å². The molecule has 18 heavy (non-hydrogen) atoms. The molecule has 0 heterocycles. The lowest BCUT2D eigenvalue weighted by atomic mass is 10.2. The number of nitrogens with one attached hydrogen (secondary N) is 1. The van der Waals surface area contributed by atoms with Crippen LogP contribution in [0.2, 0.25) is 5.02 Å². The van der Waals surface area contributed by atoms with Gasteiger partial charge in [0.15, 0.2) is 0 Å². The van der Waals surface area contributed by atoms with Crippen molar-refractivity contribution in [3.8, 4) is 0 Å². The van der Waals surface area contributed by atoms with Crippen LogP contribution in [0.15, 0.2) is 24.3 Å². The van der Waals surface area contributed by atoms with E-state index in [1.54, 1.807) is 0 Å². The summed E-state index contributed by atoms with van der Waals surface area (Å²) >= 11 is 5.62. The Labute approximate surface area is 111 Å². The molecule has 0 aromatic heterocycles. The molecule has 0 aliphatic rings. The zero-order valence-electron chi connectivity index (χ0n) is 10.5. The minimum atomic E-state index is -0.491. The number of hydroxylamine groups is 1. The monoisotopic (exact) mass is 271 g/mol. The maximum atomic E-state index is 12.9. The number of carbonyl (C=O) groups excluding carboxylic acids is 1. The van der Waals surface area contributed by atoms with E-state index in [9.17, 15) is 9.18 Å². The Morgan fingerprint density at radius 2 is 2.11 bits per heavy atom. The van der Waals surface area contributed by atoms with Crippen LogP contribution in [0, 0.1) is 5.82 Å². The number of amides is 1. The van der Waals surface area contributed by atoms with Crippen LogP contribution in [0.4, 0.5) is 4.39 Å². The van der Waals surface area contributed by atoms with Gasteiger partial charge in [0.2, 0.25) is 0 Å². The fourth-order valence-electron chi connectivity index (χ4n) is 1.03. The van der Waals surface area contributed by atoms with E-state index in [1.807, 2.05) is 20.8 Å². The standard InChI is InChI=1S/C13H15ClFNO2/c1-13(2,3)18-16-12(17)7-5-9-4-6-11(15)10(14)8-9/h4-8H,1-3H3,(H,16,17)/b7-5+. The molecule has 0 bridgehead atoms. The van der Waals surface area contributed by atoms with Crippen LogP contribution in [-0.2, 0) is 9.63 Å². The fourth-order valence-corrected chi connectivity index (χ4v) is 1.21. The minimum absolute atomic E-state index is 0.0171. The van der Waals surface area contributed by atoms with Gasteiger partial charge < -0.3 is 0 Å². The topological polar surface area (TPSA) is 38.3 Å². The SMILES string of the molecule is CC(C)(C)ONC(=O)/C=C/c1ccc(F)c(Cl)c1. The molecular weight excluding hydrogens is 257 g/mol. The second kappa shape index (κ2) is 5.98. The van der Waals surface area contributed by atoms with Gasteiger partial charge in [0.05, 0.1) is 10.6 Å². The molecular formula is C13H15ClFNO2. The highest BCUT2D eigenvalue weighted by Crippen LogP contribution is 2.16. The van der Waals surface area contributed by atoms with Gasteiger partial charge in [-0.2, -0.15) is 0 Å². The van der Waals surface area contributed by atoms with Crippen molar-refractivity contribution < 1.29 is 14.0 Å². The molecule has 1 rings (SSSR count). The molecule has 0 saturated carbocycles. The van der Waals surface area contributed by atoms with Gasteiger partial charge in [-0.1, -0.05) is 17.7 Å². The lowest BCUT2D eigenvalue weighted by Crippen LogP contribution is -2.32. The average molecular weight is 272 g/mol. The van der Waals surface area contributed by atoms with Gasteiger partial charge in [-0.25, -0.2) is 9.87 Å². The third-order valence-corrected chi connectivity index (χ3v) is 2.12. The van der Waals surface area contributed by atoms with Gasteiger partial charge in [-0.3, -0.25) is 9.63 Å². The fraction of sp³-hybridized carbons (Fsp3) is 0.308. The predicted octanol–water partition coefficient (Wildman–Crippen LogP) is 3.34. The van der Waals surface area contributed by atoms with Gasteiger partial charge in [-0.05, 0) is 44.5 Å². The molecule has 1 N–H and O–H groups in total. The highest BCUT2D eigenvalue weighted by molar-refractivity contribution is 6.30. The van der Waals surface area contributed by atoms with Crippen molar-refractivity contribution >= 4 is 23.6 Å². The second-order valence-corrected chi connectivity index (χ2v) is 5.09. The normalized spacial score (nSPS) is 11.8. The summed E-state index contributed by atoms with van der Waals surface area (Å²) in [6, 6.07) is 4.20. The van der Waals surface area contributed by atoms with Crippen molar-refractivity contribution in [2.45, 2.75) is 26.4 Å². The Morgan fingerprint density at radius 3 is 2.67 bits per heavy atom. The number of rotatable bonds is 3. The Bertz CT molecular complexity index is 467. The van der Waals surface area contributed by atoms with Gasteiger partial charge in [0, 0.05) is 6.08 Å². The van der Waals surface area contributed by atoms with Crippen molar-refractivity contribution in [1.82, 2.24) is 5.48 Å². The Morgan fingerprint density at radius 1 is 1.44 bits per heavy atom. The summed E-state index contributed by atoms with van der Waals surface area (Å²) in [5, 5.41) is 0.0171. The zero-order chi connectivity index (χ0) is 13.8. The maximum absolute atomic E-state index is 12.9. The first-order valence-electron chi connectivity index (χ1n) is 5.39. The number of hydrogen-bond acceptors (Lipinski definition) is 2. The molecule has 0 saturated heterocycles. The Hall–Kier alpha value is -1.39. The molecule has 3 nitrogen and oxygen atoms in total. The van der Waals surface area contributed by atoms with Crippen molar-refractivity contribution in [2.24, 2.45) is 0 Å². The zero-order valence-corrected chi connectivity index (χ0v) is 11.2. The molecule has 98 valence electrons. The third kappa shape index (κ3) is 5.29. The number of benzene rings is 1. The van der Waals surface area contributed by atoms with Crippen LogP contribution >= 0.6 is 11.6 Å². The molecule has 0 unspecified atom stereocenters. The van der Waals surface area contributed by atoms with E-state index in [4.69, 9.17) is 16.4 Å². The molecule has 5 heteroatoms. The summed E-state index contributed by atoms with van der Waals surface area (Å²) in [5.41, 5.74) is 2.46. The van der Waals surface area contributed by atoms with Crippen molar-refractivity contribution in [3.63, 3.8) is 0 Å². The number of hydrogen-bond donors (Lipinski definition) is 1. The molecule has 1 amide bonds. The Balaban J connectivity index is 2.58. The highest BCUT2D eigenvalue weighted by atomic mass is 35.5. The maximum Gasteiger partial charge on any atom is 0.267 e. The van der Waals surface area contributed by atoms with Crippen molar-refractivity contribution in [3.05, 3.63) is 40.7 Å². The van der Waals surface area contributed by atoms with Crippen LogP contribution in [0.25, 0.3) is 6.08 Å². The first-order chi connectivity index (χ1) is 8.28. The van der Waals surface area contributed by atoms with Crippen LogP contribution in [-0.4, -0.2) is 11.5 Å². The van der Waals surface area contributed by atoms with Gasteiger partial charge >= 0.3 is 0 Å². The van der Waals surface area contributed by atoms with Crippen LogP contribution in [0.1, 0.15) is 26.3 Å². The number of carbonyl (C=O) groups is 1. The van der Waals surface area contributed by atoms with Gasteiger partial charge in [0.25, 0.3) is 5.91 Å². The molecule has 1 aromatic rings. The largest absolute Gasteiger partial charge is 0.268 e. The third-order valence-electron chi connectivity index (χ3n) is 1.83. The summed E-state index contributed by atoms with van der Waals surface area (Å²) < 4.78 is 12.9. The van der Waals surface area contributed by atoms with Crippen LogP contribution < -0.4 is 5.48 Å². The number of halogens is 2. The molecule has 0 aliphatic heterocycles. The predicted molar refractivity (Wildman–Crippen MR) is 69.4 cm³/mol. The molecule has 0 aliphatic carbocycles. The summed E-state index contributed by atoms with van der Waals surface area (Å²) in [6.45, 7) is 5.45. The first-order valence-corrected chi connectivity index (χ1v) is 5.77. The smallest absolute Gasteiger partial charge is 0.267 e.